The van der Waals surface area contributed by atoms with E-state index in [1.807, 2.05) is 0 Å². The molecule has 2 heteroatoms. The number of hydrogen-bond acceptors (Lipinski definition) is 2. The van der Waals surface area contributed by atoms with E-state index in [0.717, 1.165) is 12.3 Å². The topological polar surface area (TPSA) is 38.0 Å². The Morgan fingerprint density at radius 2 is 1.93 bits per heavy atom. The predicted molar refractivity (Wildman–Crippen MR) is 59.5 cm³/mol. The average Bonchev–Trinajstić information content (AvgIpc) is 2.31. The van der Waals surface area contributed by atoms with Gasteiger partial charge in [-0.2, -0.15) is 0 Å². The molecule has 0 bridgehead atoms. The molecule has 0 heterocycles. The molecule has 0 aromatic rings. The summed E-state index contributed by atoms with van der Waals surface area (Å²) in [7, 11) is 0. The van der Waals surface area contributed by atoms with Crippen LogP contribution in [0.15, 0.2) is 24.3 Å². The SMILES string of the molecule is NNC1(C2CCCCC2)C=CC=CC1. The largest absolute Gasteiger partial charge is 0.271 e. The van der Waals surface area contributed by atoms with Crippen molar-refractivity contribution in [2.24, 2.45) is 11.8 Å². The Labute approximate surface area is 86.2 Å². The zero-order valence-electron chi connectivity index (χ0n) is 8.71. The zero-order valence-corrected chi connectivity index (χ0v) is 8.71. The maximum Gasteiger partial charge on any atom is 0.0566 e. The minimum atomic E-state index is 0.0508. The monoisotopic (exact) mass is 192 g/mol. The van der Waals surface area contributed by atoms with Crippen molar-refractivity contribution >= 4 is 0 Å². The maximum atomic E-state index is 5.73. The molecule has 2 rings (SSSR count). The molecule has 1 unspecified atom stereocenters. The fourth-order valence-electron chi connectivity index (χ4n) is 2.78. The van der Waals surface area contributed by atoms with E-state index in [1.54, 1.807) is 0 Å². The van der Waals surface area contributed by atoms with Crippen LogP contribution in [0.3, 0.4) is 0 Å². The molecule has 0 radical (unpaired) electrons. The second-order valence-electron chi connectivity index (χ2n) is 4.51. The van der Waals surface area contributed by atoms with Crippen LogP contribution in [-0.2, 0) is 0 Å². The number of hydrogen-bond donors (Lipinski definition) is 2. The summed E-state index contributed by atoms with van der Waals surface area (Å²) in [5, 5.41) is 0. The van der Waals surface area contributed by atoms with Gasteiger partial charge in [0, 0.05) is 0 Å². The standard InChI is InChI=1S/C12H20N2/c13-14-12(9-5-2-6-10-12)11-7-3-1-4-8-11/h2,5-6,9,11,14H,1,3-4,7-8,10,13H2. The second-order valence-corrected chi connectivity index (χ2v) is 4.51. The molecule has 2 nitrogen and oxygen atoms in total. The van der Waals surface area contributed by atoms with Gasteiger partial charge in [0.05, 0.1) is 5.54 Å². The third-order valence-corrected chi connectivity index (χ3v) is 3.70. The minimum Gasteiger partial charge on any atom is -0.271 e. The fraction of sp³-hybridized carbons (Fsp3) is 0.667. The molecule has 14 heavy (non-hydrogen) atoms. The van der Waals surface area contributed by atoms with Crippen LogP contribution in [0, 0.1) is 5.92 Å². The Morgan fingerprint density at radius 1 is 1.14 bits per heavy atom. The number of hydrazine groups is 1. The smallest absolute Gasteiger partial charge is 0.0566 e. The van der Waals surface area contributed by atoms with Crippen LogP contribution < -0.4 is 11.3 Å². The Balaban J connectivity index is 2.10. The Kier molecular flexibility index (Phi) is 3.04. The number of nitrogens with two attached hydrogens (primary N) is 1. The van der Waals surface area contributed by atoms with Gasteiger partial charge in [0.25, 0.3) is 0 Å². The molecule has 3 N–H and O–H groups in total. The summed E-state index contributed by atoms with van der Waals surface area (Å²) in [6, 6.07) is 0. The molecule has 2 aliphatic carbocycles. The molecule has 0 amide bonds. The third kappa shape index (κ3) is 1.77. The highest BCUT2D eigenvalue weighted by atomic mass is 15.3. The first kappa shape index (κ1) is 9.94. The van der Waals surface area contributed by atoms with Gasteiger partial charge in [-0.1, -0.05) is 43.6 Å². The van der Waals surface area contributed by atoms with E-state index < -0.39 is 0 Å². The number of rotatable bonds is 2. The molecule has 1 saturated carbocycles. The van der Waals surface area contributed by atoms with Gasteiger partial charge in [-0.25, -0.2) is 5.43 Å². The van der Waals surface area contributed by atoms with Gasteiger partial charge in [0.1, 0.15) is 0 Å². The highest BCUT2D eigenvalue weighted by Crippen LogP contribution is 2.36. The van der Waals surface area contributed by atoms with Crippen LogP contribution in [0.4, 0.5) is 0 Å². The average molecular weight is 192 g/mol. The summed E-state index contributed by atoms with van der Waals surface area (Å²) < 4.78 is 0. The quantitative estimate of drug-likeness (QED) is 0.520. The van der Waals surface area contributed by atoms with Crippen LogP contribution in [0.1, 0.15) is 38.5 Å². The van der Waals surface area contributed by atoms with Crippen molar-refractivity contribution in [1.82, 2.24) is 5.43 Å². The summed E-state index contributed by atoms with van der Waals surface area (Å²) in [6.07, 6.45) is 16.5. The summed E-state index contributed by atoms with van der Waals surface area (Å²) in [4.78, 5) is 0. The Hall–Kier alpha value is -0.600. The van der Waals surface area contributed by atoms with E-state index in [1.165, 1.54) is 32.1 Å². The van der Waals surface area contributed by atoms with Crippen LogP contribution in [0.2, 0.25) is 0 Å². The van der Waals surface area contributed by atoms with Crippen LogP contribution in [0.25, 0.3) is 0 Å². The maximum absolute atomic E-state index is 5.73. The predicted octanol–water partition coefficient (Wildman–Crippen LogP) is 2.28. The third-order valence-electron chi connectivity index (χ3n) is 3.70. The molecule has 78 valence electrons. The fourth-order valence-corrected chi connectivity index (χ4v) is 2.78. The van der Waals surface area contributed by atoms with Gasteiger partial charge in [0.15, 0.2) is 0 Å². The van der Waals surface area contributed by atoms with E-state index in [9.17, 15) is 0 Å². The lowest BCUT2D eigenvalue weighted by Crippen LogP contribution is -2.54. The molecular weight excluding hydrogens is 172 g/mol. The van der Waals surface area contributed by atoms with Crippen molar-refractivity contribution in [1.29, 1.82) is 0 Å². The first-order valence-electron chi connectivity index (χ1n) is 5.69. The molecule has 0 aliphatic heterocycles. The van der Waals surface area contributed by atoms with Crippen molar-refractivity contribution in [3.8, 4) is 0 Å². The van der Waals surface area contributed by atoms with Crippen molar-refractivity contribution in [2.45, 2.75) is 44.1 Å². The first-order valence-corrected chi connectivity index (χ1v) is 5.69. The lowest BCUT2D eigenvalue weighted by atomic mass is 9.72. The molecule has 0 spiro atoms. The van der Waals surface area contributed by atoms with Gasteiger partial charge >= 0.3 is 0 Å². The van der Waals surface area contributed by atoms with E-state index in [-0.39, 0.29) is 5.54 Å². The van der Waals surface area contributed by atoms with E-state index in [2.05, 4.69) is 29.7 Å². The summed E-state index contributed by atoms with van der Waals surface area (Å²) in [5.41, 5.74) is 3.10. The minimum absolute atomic E-state index is 0.0508. The van der Waals surface area contributed by atoms with Crippen molar-refractivity contribution in [3.05, 3.63) is 24.3 Å². The van der Waals surface area contributed by atoms with Gasteiger partial charge in [0.2, 0.25) is 0 Å². The van der Waals surface area contributed by atoms with Crippen molar-refractivity contribution in [3.63, 3.8) is 0 Å². The molecule has 2 aliphatic rings. The zero-order chi connectivity index (χ0) is 9.86. The Morgan fingerprint density at radius 3 is 2.50 bits per heavy atom. The molecule has 0 saturated heterocycles. The molecule has 0 aromatic heterocycles. The van der Waals surface area contributed by atoms with Gasteiger partial charge < -0.3 is 0 Å². The van der Waals surface area contributed by atoms with Crippen LogP contribution in [-0.4, -0.2) is 5.54 Å². The summed E-state index contributed by atoms with van der Waals surface area (Å²) in [6.45, 7) is 0. The first-order chi connectivity index (χ1) is 6.87. The van der Waals surface area contributed by atoms with Gasteiger partial charge in [-0.3, -0.25) is 5.84 Å². The lowest BCUT2D eigenvalue weighted by Gasteiger charge is -2.40. The second kappa shape index (κ2) is 4.28. The van der Waals surface area contributed by atoms with Crippen molar-refractivity contribution < 1.29 is 0 Å². The normalized spacial score (nSPS) is 33.5. The van der Waals surface area contributed by atoms with E-state index >= 15 is 0 Å². The number of nitrogens with one attached hydrogen (secondary N) is 1. The van der Waals surface area contributed by atoms with Crippen LogP contribution >= 0.6 is 0 Å². The molecule has 0 aromatic carbocycles. The van der Waals surface area contributed by atoms with E-state index in [0.29, 0.717) is 0 Å². The summed E-state index contributed by atoms with van der Waals surface area (Å²) in [5.74, 6) is 6.46. The van der Waals surface area contributed by atoms with Gasteiger partial charge in [-0.05, 0) is 25.2 Å². The van der Waals surface area contributed by atoms with Crippen LogP contribution in [0.5, 0.6) is 0 Å². The Bertz CT molecular complexity index is 239. The van der Waals surface area contributed by atoms with Gasteiger partial charge in [-0.15, -0.1) is 0 Å². The highest BCUT2D eigenvalue weighted by Gasteiger charge is 2.35. The van der Waals surface area contributed by atoms with Crippen molar-refractivity contribution in [2.75, 3.05) is 0 Å². The summed E-state index contributed by atoms with van der Waals surface area (Å²) >= 11 is 0. The lowest BCUT2D eigenvalue weighted by molar-refractivity contribution is 0.206. The molecular formula is C12H20N2. The highest BCUT2D eigenvalue weighted by molar-refractivity contribution is 5.22. The molecule has 1 fully saturated rings. The number of allylic oxidation sites excluding steroid dienone is 2. The molecule has 1 atom stereocenters. The van der Waals surface area contributed by atoms with E-state index in [4.69, 9.17) is 5.84 Å².